The fraction of sp³-hybridized carbons (Fsp3) is 0.368. The van der Waals surface area contributed by atoms with Gasteiger partial charge in [0.1, 0.15) is 11.3 Å². The molecular formula is C19H23NO. The van der Waals surface area contributed by atoms with E-state index >= 15 is 0 Å². The van der Waals surface area contributed by atoms with Gasteiger partial charge in [-0.2, -0.15) is 0 Å². The smallest absolute Gasteiger partial charge is 0.142 e. The highest BCUT2D eigenvalue weighted by molar-refractivity contribution is 6.04. The molecule has 0 aliphatic carbocycles. The number of hydrogen-bond donors (Lipinski definition) is 1. The van der Waals surface area contributed by atoms with Crippen molar-refractivity contribution in [2.75, 3.05) is 6.54 Å². The maximum atomic E-state index is 6.26. The Kier molecular flexibility index (Phi) is 3.50. The van der Waals surface area contributed by atoms with Crippen LogP contribution in [0.3, 0.4) is 0 Å². The van der Waals surface area contributed by atoms with Crippen LogP contribution in [0.2, 0.25) is 0 Å². The summed E-state index contributed by atoms with van der Waals surface area (Å²) in [6, 6.07) is 15.1. The van der Waals surface area contributed by atoms with Crippen molar-refractivity contribution >= 4 is 21.7 Å². The van der Waals surface area contributed by atoms with Gasteiger partial charge in [0.05, 0.1) is 6.04 Å². The Morgan fingerprint density at radius 3 is 2.48 bits per heavy atom. The van der Waals surface area contributed by atoms with E-state index in [1.165, 1.54) is 16.2 Å². The van der Waals surface area contributed by atoms with Crippen LogP contribution in [0.25, 0.3) is 21.7 Å². The van der Waals surface area contributed by atoms with E-state index in [0.717, 1.165) is 17.9 Å². The molecule has 0 radical (unpaired) electrons. The highest BCUT2D eigenvalue weighted by atomic mass is 16.3. The average Bonchev–Trinajstić information content (AvgIpc) is 2.87. The molecule has 1 aromatic heterocycles. The third-order valence-corrected chi connectivity index (χ3v) is 3.99. The van der Waals surface area contributed by atoms with Gasteiger partial charge in [0, 0.05) is 10.8 Å². The van der Waals surface area contributed by atoms with E-state index in [9.17, 15) is 0 Å². The molecule has 0 aliphatic rings. The van der Waals surface area contributed by atoms with Crippen molar-refractivity contribution in [1.29, 1.82) is 0 Å². The van der Waals surface area contributed by atoms with E-state index in [0.29, 0.717) is 0 Å². The Hall–Kier alpha value is -1.80. The Labute approximate surface area is 126 Å². The second-order valence-electron chi connectivity index (χ2n) is 6.71. The molecule has 1 N–H and O–H groups in total. The van der Waals surface area contributed by atoms with E-state index in [1.54, 1.807) is 0 Å². The van der Waals surface area contributed by atoms with Gasteiger partial charge >= 0.3 is 0 Å². The van der Waals surface area contributed by atoms with Crippen LogP contribution in [0.1, 0.15) is 39.5 Å². The first kappa shape index (κ1) is 14.2. The molecule has 2 heteroatoms. The zero-order chi connectivity index (χ0) is 15.0. The summed E-state index contributed by atoms with van der Waals surface area (Å²) in [4.78, 5) is 0. The Balaban J connectivity index is 2.18. The summed E-state index contributed by atoms with van der Waals surface area (Å²) in [6.07, 6.45) is 0. The van der Waals surface area contributed by atoms with Crippen LogP contribution in [-0.4, -0.2) is 6.54 Å². The number of fused-ring (bicyclic) bond motifs is 3. The molecule has 0 amide bonds. The molecule has 0 saturated carbocycles. The SMILES string of the molecule is CCNC(c1cc2ccc3ccccc3c2o1)C(C)(C)C. The van der Waals surface area contributed by atoms with Gasteiger partial charge < -0.3 is 9.73 Å². The normalized spacial score (nSPS) is 13.9. The lowest BCUT2D eigenvalue weighted by Gasteiger charge is -2.29. The average molecular weight is 281 g/mol. The molecule has 2 nitrogen and oxygen atoms in total. The lowest BCUT2D eigenvalue weighted by molar-refractivity contribution is 0.245. The third kappa shape index (κ3) is 2.56. The van der Waals surface area contributed by atoms with Crippen LogP contribution in [-0.2, 0) is 0 Å². The van der Waals surface area contributed by atoms with Gasteiger partial charge in [-0.1, -0.05) is 64.1 Å². The molecule has 1 unspecified atom stereocenters. The molecule has 0 fully saturated rings. The van der Waals surface area contributed by atoms with Crippen molar-refractivity contribution in [3.05, 3.63) is 48.2 Å². The first-order chi connectivity index (χ1) is 10.0. The molecule has 0 bridgehead atoms. The molecule has 1 atom stereocenters. The second-order valence-corrected chi connectivity index (χ2v) is 6.71. The maximum Gasteiger partial charge on any atom is 0.142 e. The second kappa shape index (κ2) is 5.19. The number of rotatable bonds is 3. The summed E-state index contributed by atoms with van der Waals surface area (Å²) >= 11 is 0. The molecule has 3 rings (SSSR count). The Morgan fingerprint density at radius 2 is 1.76 bits per heavy atom. The zero-order valence-electron chi connectivity index (χ0n) is 13.2. The maximum absolute atomic E-state index is 6.26. The molecular weight excluding hydrogens is 258 g/mol. The third-order valence-electron chi connectivity index (χ3n) is 3.99. The number of benzene rings is 2. The number of nitrogens with one attached hydrogen (secondary N) is 1. The van der Waals surface area contributed by atoms with Crippen LogP contribution in [0.5, 0.6) is 0 Å². The fourth-order valence-electron chi connectivity index (χ4n) is 2.97. The summed E-state index contributed by atoms with van der Waals surface area (Å²) in [6.45, 7) is 9.79. The van der Waals surface area contributed by atoms with Gasteiger partial charge in [-0.05, 0) is 23.4 Å². The van der Waals surface area contributed by atoms with Gasteiger partial charge in [0.2, 0.25) is 0 Å². The van der Waals surface area contributed by atoms with Gasteiger partial charge in [-0.25, -0.2) is 0 Å². The van der Waals surface area contributed by atoms with E-state index in [-0.39, 0.29) is 11.5 Å². The van der Waals surface area contributed by atoms with Crippen molar-refractivity contribution in [2.24, 2.45) is 5.41 Å². The van der Waals surface area contributed by atoms with Crippen molar-refractivity contribution in [3.63, 3.8) is 0 Å². The number of hydrogen-bond acceptors (Lipinski definition) is 2. The number of furan rings is 1. The van der Waals surface area contributed by atoms with Crippen LogP contribution in [0.4, 0.5) is 0 Å². The molecule has 2 aromatic carbocycles. The lowest BCUT2D eigenvalue weighted by Crippen LogP contribution is -2.31. The van der Waals surface area contributed by atoms with Crippen LogP contribution < -0.4 is 5.32 Å². The molecule has 0 aliphatic heterocycles. The van der Waals surface area contributed by atoms with Crippen LogP contribution >= 0.6 is 0 Å². The molecule has 3 aromatic rings. The molecule has 21 heavy (non-hydrogen) atoms. The minimum Gasteiger partial charge on any atom is -0.459 e. The topological polar surface area (TPSA) is 25.2 Å². The first-order valence-corrected chi connectivity index (χ1v) is 7.65. The van der Waals surface area contributed by atoms with Gasteiger partial charge in [-0.15, -0.1) is 0 Å². The quantitative estimate of drug-likeness (QED) is 0.706. The van der Waals surface area contributed by atoms with Crippen molar-refractivity contribution in [1.82, 2.24) is 5.32 Å². The molecule has 0 spiro atoms. The van der Waals surface area contributed by atoms with Crippen molar-refractivity contribution in [2.45, 2.75) is 33.7 Å². The largest absolute Gasteiger partial charge is 0.459 e. The summed E-state index contributed by atoms with van der Waals surface area (Å²) in [5.41, 5.74) is 1.11. The fourth-order valence-corrected chi connectivity index (χ4v) is 2.97. The zero-order valence-corrected chi connectivity index (χ0v) is 13.2. The van der Waals surface area contributed by atoms with Crippen LogP contribution in [0, 0.1) is 5.41 Å². The van der Waals surface area contributed by atoms with Crippen molar-refractivity contribution < 1.29 is 4.42 Å². The van der Waals surface area contributed by atoms with E-state index in [2.05, 4.69) is 75.5 Å². The van der Waals surface area contributed by atoms with Gasteiger partial charge in [0.15, 0.2) is 0 Å². The standard InChI is InChI=1S/C19H23NO/c1-5-20-18(19(2,3)4)16-12-14-11-10-13-8-6-7-9-15(13)17(14)21-16/h6-12,18,20H,5H2,1-4H3. The highest BCUT2D eigenvalue weighted by Crippen LogP contribution is 2.37. The molecule has 110 valence electrons. The summed E-state index contributed by atoms with van der Waals surface area (Å²) in [5, 5.41) is 7.14. The Morgan fingerprint density at radius 1 is 1.05 bits per heavy atom. The van der Waals surface area contributed by atoms with Gasteiger partial charge in [0.25, 0.3) is 0 Å². The van der Waals surface area contributed by atoms with Gasteiger partial charge in [-0.3, -0.25) is 0 Å². The Bertz CT molecular complexity index is 764. The van der Waals surface area contributed by atoms with E-state index in [4.69, 9.17) is 4.42 Å². The van der Waals surface area contributed by atoms with E-state index in [1.807, 2.05) is 0 Å². The summed E-state index contributed by atoms with van der Waals surface area (Å²) in [5.74, 6) is 1.02. The highest BCUT2D eigenvalue weighted by Gasteiger charge is 2.28. The minimum atomic E-state index is 0.111. The molecule has 0 saturated heterocycles. The predicted molar refractivity (Wildman–Crippen MR) is 89.6 cm³/mol. The minimum absolute atomic E-state index is 0.111. The lowest BCUT2D eigenvalue weighted by atomic mass is 9.85. The summed E-state index contributed by atoms with van der Waals surface area (Å²) in [7, 11) is 0. The first-order valence-electron chi connectivity index (χ1n) is 7.65. The van der Waals surface area contributed by atoms with Crippen LogP contribution in [0.15, 0.2) is 46.9 Å². The van der Waals surface area contributed by atoms with E-state index < -0.39 is 0 Å². The predicted octanol–water partition coefficient (Wildman–Crippen LogP) is 5.28. The monoisotopic (exact) mass is 281 g/mol. The summed E-state index contributed by atoms with van der Waals surface area (Å²) < 4.78 is 6.26. The van der Waals surface area contributed by atoms with Crippen molar-refractivity contribution in [3.8, 4) is 0 Å². The molecule has 1 heterocycles.